The van der Waals surface area contributed by atoms with Gasteiger partial charge in [0.1, 0.15) is 0 Å². The first-order valence-corrected chi connectivity index (χ1v) is 3.37. The van der Waals surface area contributed by atoms with E-state index in [1.165, 1.54) is 11.8 Å². The molecule has 0 saturated carbocycles. The normalized spacial score (nSPS) is 9.12. The van der Waals surface area contributed by atoms with E-state index in [1.54, 1.807) is 0 Å². The summed E-state index contributed by atoms with van der Waals surface area (Å²) in [7, 11) is 1.88. The van der Waals surface area contributed by atoms with Gasteiger partial charge in [-0.2, -0.15) is 0 Å². The Balaban J connectivity index is 2.82. The third kappa shape index (κ3) is 5.78. The fraction of sp³-hybridized carbons (Fsp3) is 0.750. The molecule has 0 radical (unpaired) electrons. The maximum atomic E-state index is 6.79. The van der Waals surface area contributed by atoms with Crippen molar-refractivity contribution in [2.45, 2.75) is 0 Å². The van der Waals surface area contributed by atoms with Crippen LogP contribution in [0.25, 0.3) is 0 Å². The number of hydrogen-bond acceptors (Lipinski definition) is 3. The predicted octanol–water partition coefficient (Wildman–Crippen LogP) is -0.168. The van der Waals surface area contributed by atoms with Gasteiger partial charge in [0.2, 0.25) is 0 Å². The van der Waals surface area contributed by atoms with E-state index < -0.39 is 0 Å². The predicted molar refractivity (Wildman–Crippen MR) is 38.3 cm³/mol. The Morgan fingerprint density at radius 3 is 2.88 bits per heavy atom. The quantitative estimate of drug-likeness (QED) is 0.284. The standard InChI is InChI=1S/C4H11N3S/c1-7-2-3-8-4(5)6/h7H,2-3H2,1H3,(H3,5,6). The van der Waals surface area contributed by atoms with Crippen LogP contribution in [0.5, 0.6) is 0 Å². The molecule has 0 bridgehead atoms. The molecular formula is C4H11N3S. The van der Waals surface area contributed by atoms with Gasteiger partial charge in [-0.3, -0.25) is 5.41 Å². The lowest BCUT2D eigenvalue weighted by Gasteiger charge is -1.94. The van der Waals surface area contributed by atoms with Crippen LogP contribution in [0.1, 0.15) is 0 Å². The molecule has 0 spiro atoms. The van der Waals surface area contributed by atoms with E-state index in [2.05, 4.69) is 5.32 Å². The van der Waals surface area contributed by atoms with Crippen molar-refractivity contribution in [1.82, 2.24) is 5.32 Å². The zero-order valence-electron chi connectivity index (χ0n) is 4.90. The molecule has 0 aromatic rings. The van der Waals surface area contributed by atoms with Gasteiger partial charge in [0.25, 0.3) is 0 Å². The van der Waals surface area contributed by atoms with Gasteiger partial charge in [-0.15, -0.1) is 0 Å². The summed E-state index contributed by atoms with van der Waals surface area (Å²) in [5.41, 5.74) is 5.05. The first-order valence-electron chi connectivity index (χ1n) is 2.39. The van der Waals surface area contributed by atoms with Crippen LogP contribution in [0.15, 0.2) is 0 Å². The largest absolute Gasteiger partial charge is 0.379 e. The van der Waals surface area contributed by atoms with Crippen LogP contribution >= 0.6 is 11.8 Å². The molecule has 0 amide bonds. The highest BCUT2D eigenvalue weighted by Gasteiger charge is 1.86. The third-order valence-electron chi connectivity index (χ3n) is 0.610. The summed E-state index contributed by atoms with van der Waals surface area (Å²) in [6, 6.07) is 0. The smallest absolute Gasteiger partial charge is 0.151 e. The lowest BCUT2D eigenvalue weighted by molar-refractivity contribution is 0.873. The minimum absolute atomic E-state index is 0.195. The van der Waals surface area contributed by atoms with Crippen LogP contribution in [-0.2, 0) is 0 Å². The second-order valence-corrected chi connectivity index (χ2v) is 2.45. The number of thioether (sulfide) groups is 1. The molecule has 3 nitrogen and oxygen atoms in total. The van der Waals surface area contributed by atoms with Crippen molar-refractivity contribution in [1.29, 1.82) is 5.41 Å². The molecular weight excluding hydrogens is 122 g/mol. The highest BCUT2D eigenvalue weighted by Crippen LogP contribution is 1.93. The highest BCUT2D eigenvalue weighted by atomic mass is 32.2. The molecule has 0 unspecified atom stereocenters. The van der Waals surface area contributed by atoms with Crippen LogP contribution in [0, 0.1) is 5.41 Å². The molecule has 0 aromatic carbocycles. The molecule has 4 heteroatoms. The minimum Gasteiger partial charge on any atom is -0.379 e. The zero-order valence-corrected chi connectivity index (χ0v) is 5.72. The molecule has 0 atom stereocenters. The average Bonchev–Trinajstić information content (AvgIpc) is 1.66. The monoisotopic (exact) mass is 133 g/mol. The second kappa shape index (κ2) is 4.93. The second-order valence-electron chi connectivity index (χ2n) is 1.32. The van der Waals surface area contributed by atoms with Gasteiger partial charge < -0.3 is 11.1 Å². The van der Waals surface area contributed by atoms with Crippen molar-refractivity contribution >= 4 is 16.9 Å². The lowest BCUT2D eigenvalue weighted by atomic mass is 10.8. The van der Waals surface area contributed by atoms with Gasteiger partial charge in [0, 0.05) is 12.3 Å². The Bertz CT molecular complexity index is 73.7. The van der Waals surface area contributed by atoms with Crippen molar-refractivity contribution in [2.24, 2.45) is 5.73 Å². The summed E-state index contributed by atoms with van der Waals surface area (Å²) in [5.74, 6) is 0.881. The van der Waals surface area contributed by atoms with Gasteiger partial charge in [0.05, 0.1) is 0 Å². The molecule has 0 aliphatic heterocycles. The van der Waals surface area contributed by atoms with Crippen molar-refractivity contribution in [3.05, 3.63) is 0 Å². The molecule has 0 saturated heterocycles. The maximum Gasteiger partial charge on any atom is 0.151 e. The Kier molecular flexibility index (Phi) is 4.79. The van der Waals surface area contributed by atoms with E-state index in [9.17, 15) is 0 Å². The Hall–Kier alpha value is -0.220. The molecule has 0 rings (SSSR count). The van der Waals surface area contributed by atoms with E-state index in [4.69, 9.17) is 11.1 Å². The van der Waals surface area contributed by atoms with Crippen LogP contribution in [-0.4, -0.2) is 24.5 Å². The Morgan fingerprint density at radius 1 is 1.88 bits per heavy atom. The number of nitrogens with two attached hydrogens (primary N) is 1. The maximum absolute atomic E-state index is 6.79. The first-order chi connectivity index (χ1) is 3.77. The van der Waals surface area contributed by atoms with Crippen molar-refractivity contribution < 1.29 is 0 Å². The van der Waals surface area contributed by atoms with Gasteiger partial charge in [0.15, 0.2) is 5.17 Å². The van der Waals surface area contributed by atoms with Gasteiger partial charge in [-0.1, -0.05) is 11.8 Å². The molecule has 48 valence electrons. The Labute approximate surface area is 53.5 Å². The van der Waals surface area contributed by atoms with Crippen LogP contribution in [0.2, 0.25) is 0 Å². The fourth-order valence-corrected chi connectivity index (χ4v) is 0.789. The topological polar surface area (TPSA) is 61.9 Å². The first kappa shape index (κ1) is 7.78. The van der Waals surface area contributed by atoms with Crippen LogP contribution in [0.3, 0.4) is 0 Å². The van der Waals surface area contributed by atoms with Crippen LogP contribution < -0.4 is 11.1 Å². The molecule has 4 N–H and O–H groups in total. The number of rotatable bonds is 3. The van der Waals surface area contributed by atoms with Gasteiger partial charge in [-0.25, -0.2) is 0 Å². The van der Waals surface area contributed by atoms with E-state index in [1.807, 2.05) is 7.05 Å². The van der Waals surface area contributed by atoms with Crippen molar-refractivity contribution in [2.75, 3.05) is 19.3 Å². The molecule has 0 aliphatic rings. The fourth-order valence-electron chi connectivity index (χ4n) is 0.263. The summed E-state index contributed by atoms with van der Waals surface area (Å²) in [5, 5.41) is 9.93. The van der Waals surface area contributed by atoms with Crippen molar-refractivity contribution in [3.63, 3.8) is 0 Å². The summed E-state index contributed by atoms with van der Waals surface area (Å²) in [4.78, 5) is 0. The molecule has 0 fully saturated rings. The summed E-state index contributed by atoms with van der Waals surface area (Å²) in [6.07, 6.45) is 0. The van der Waals surface area contributed by atoms with E-state index in [-0.39, 0.29) is 5.17 Å². The highest BCUT2D eigenvalue weighted by molar-refractivity contribution is 8.13. The van der Waals surface area contributed by atoms with Gasteiger partial charge >= 0.3 is 0 Å². The van der Waals surface area contributed by atoms with E-state index in [0.717, 1.165) is 12.3 Å². The molecule has 0 aromatic heterocycles. The van der Waals surface area contributed by atoms with E-state index in [0.29, 0.717) is 0 Å². The minimum atomic E-state index is 0.195. The van der Waals surface area contributed by atoms with Crippen molar-refractivity contribution in [3.8, 4) is 0 Å². The summed E-state index contributed by atoms with van der Waals surface area (Å²) < 4.78 is 0. The van der Waals surface area contributed by atoms with Crippen LogP contribution in [0.4, 0.5) is 0 Å². The SMILES string of the molecule is CNCCSC(=N)N. The summed E-state index contributed by atoms with van der Waals surface area (Å²) >= 11 is 1.35. The summed E-state index contributed by atoms with van der Waals surface area (Å²) in [6.45, 7) is 0.907. The zero-order chi connectivity index (χ0) is 6.41. The van der Waals surface area contributed by atoms with E-state index >= 15 is 0 Å². The average molecular weight is 133 g/mol. The Morgan fingerprint density at radius 2 is 2.50 bits per heavy atom. The number of hydrogen-bond donors (Lipinski definition) is 3. The lowest BCUT2D eigenvalue weighted by Crippen LogP contribution is -2.13. The number of amidine groups is 1. The third-order valence-corrected chi connectivity index (χ3v) is 1.33. The molecule has 8 heavy (non-hydrogen) atoms. The van der Waals surface area contributed by atoms with Gasteiger partial charge in [-0.05, 0) is 7.05 Å². The molecule has 0 heterocycles. The number of nitrogens with one attached hydrogen (secondary N) is 2. The molecule has 0 aliphatic carbocycles.